The van der Waals surface area contributed by atoms with Crippen molar-refractivity contribution in [1.82, 2.24) is 4.90 Å². The highest BCUT2D eigenvalue weighted by Crippen LogP contribution is 2.24. The van der Waals surface area contributed by atoms with Gasteiger partial charge in [0.2, 0.25) is 0 Å². The highest BCUT2D eigenvalue weighted by molar-refractivity contribution is 6.31. The molecule has 1 amide bonds. The zero-order chi connectivity index (χ0) is 14.5. The first-order valence-electron chi connectivity index (χ1n) is 6.26. The van der Waals surface area contributed by atoms with Crippen molar-refractivity contribution >= 4 is 17.5 Å². The number of benzene rings is 2. The molecule has 0 heterocycles. The van der Waals surface area contributed by atoms with Crippen LogP contribution in [0.15, 0.2) is 48.5 Å². The first kappa shape index (κ1) is 14.4. The summed E-state index contributed by atoms with van der Waals surface area (Å²) in [7, 11) is 3.40. The minimum atomic E-state index is -0.129. The molecule has 0 bridgehead atoms. The van der Waals surface area contributed by atoms with E-state index in [1.54, 1.807) is 32.3 Å². The van der Waals surface area contributed by atoms with Crippen LogP contribution in [0.5, 0.6) is 5.75 Å². The summed E-state index contributed by atoms with van der Waals surface area (Å²) in [4.78, 5) is 13.6. The molecule has 0 aliphatic rings. The summed E-state index contributed by atoms with van der Waals surface area (Å²) >= 11 is 5.96. The molecule has 0 aromatic heterocycles. The molecule has 0 fully saturated rings. The van der Waals surface area contributed by atoms with Crippen LogP contribution in [-0.4, -0.2) is 24.9 Å². The second-order valence-corrected chi connectivity index (χ2v) is 5.05. The Balaban J connectivity index is 2.21. The van der Waals surface area contributed by atoms with Crippen molar-refractivity contribution in [3.05, 3.63) is 64.7 Å². The molecule has 20 heavy (non-hydrogen) atoms. The van der Waals surface area contributed by atoms with Crippen molar-refractivity contribution in [3.63, 3.8) is 0 Å². The van der Waals surface area contributed by atoms with Crippen molar-refractivity contribution in [3.8, 4) is 5.75 Å². The SMILES string of the molecule is CN(C)C(=O)c1cc(Cl)ccc1OCc1ccccc1. The minimum absolute atomic E-state index is 0.129. The predicted octanol–water partition coefficient (Wildman–Crippen LogP) is 3.62. The second kappa shape index (κ2) is 6.44. The van der Waals surface area contributed by atoms with E-state index < -0.39 is 0 Å². The Morgan fingerprint density at radius 1 is 1.15 bits per heavy atom. The molecule has 2 aromatic rings. The monoisotopic (exact) mass is 289 g/mol. The van der Waals surface area contributed by atoms with E-state index in [9.17, 15) is 4.79 Å². The van der Waals surface area contributed by atoms with Crippen molar-refractivity contribution < 1.29 is 9.53 Å². The topological polar surface area (TPSA) is 29.5 Å². The van der Waals surface area contributed by atoms with E-state index in [0.717, 1.165) is 5.56 Å². The van der Waals surface area contributed by atoms with Gasteiger partial charge in [0.1, 0.15) is 12.4 Å². The third-order valence-corrected chi connectivity index (χ3v) is 3.05. The fourth-order valence-electron chi connectivity index (χ4n) is 1.77. The van der Waals surface area contributed by atoms with E-state index in [0.29, 0.717) is 22.9 Å². The van der Waals surface area contributed by atoms with Gasteiger partial charge >= 0.3 is 0 Å². The van der Waals surface area contributed by atoms with Crippen LogP contribution in [0.2, 0.25) is 5.02 Å². The second-order valence-electron chi connectivity index (χ2n) is 4.61. The molecule has 0 saturated carbocycles. The van der Waals surface area contributed by atoms with Gasteiger partial charge in [0.05, 0.1) is 5.56 Å². The van der Waals surface area contributed by atoms with Gasteiger partial charge in [0, 0.05) is 19.1 Å². The van der Waals surface area contributed by atoms with Gasteiger partial charge in [-0.1, -0.05) is 41.9 Å². The van der Waals surface area contributed by atoms with Gasteiger partial charge in [-0.3, -0.25) is 4.79 Å². The standard InChI is InChI=1S/C16H16ClNO2/c1-18(2)16(19)14-10-13(17)8-9-15(14)20-11-12-6-4-3-5-7-12/h3-10H,11H2,1-2H3. The molecule has 0 unspecified atom stereocenters. The summed E-state index contributed by atoms with van der Waals surface area (Å²) < 4.78 is 5.74. The summed E-state index contributed by atoms with van der Waals surface area (Å²) in [5.41, 5.74) is 1.52. The van der Waals surface area contributed by atoms with Crippen molar-refractivity contribution in [2.24, 2.45) is 0 Å². The smallest absolute Gasteiger partial charge is 0.257 e. The maximum Gasteiger partial charge on any atom is 0.257 e. The Hall–Kier alpha value is -2.00. The average molecular weight is 290 g/mol. The summed E-state index contributed by atoms with van der Waals surface area (Å²) in [5, 5.41) is 0.516. The summed E-state index contributed by atoms with van der Waals surface area (Å²) in [6.07, 6.45) is 0. The lowest BCUT2D eigenvalue weighted by Crippen LogP contribution is -2.22. The molecule has 0 saturated heterocycles. The first-order valence-corrected chi connectivity index (χ1v) is 6.63. The number of ether oxygens (including phenoxy) is 1. The number of carbonyl (C=O) groups is 1. The Labute approximate surface area is 123 Å². The highest BCUT2D eigenvalue weighted by Gasteiger charge is 2.15. The lowest BCUT2D eigenvalue weighted by Gasteiger charge is -2.15. The Morgan fingerprint density at radius 3 is 2.50 bits per heavy atom. The molecule has 104 valence electrons. The van der Waals surface area contributed by atoms with Crippen LogP contribution in [-0.2, 0) is 6.61 Å². The Bertz CT molecular complexity index is 597. The number of hydrogen-bond acceptors (Lipinski definition) is 2. The van der Waals surface area contributed by atoms with E-state index in [4.69, 9.17) is 16.3 Å². The fraction of sp³-hybridized carbons (Fsp3) is 0.188. The van der Waals surface area contributed by atoms with Crippen molar-refractivity contribution in [2.45, 2.75) is 6.61 Å². The van der Waals surface area contributed by atoms with Gasteiger partial charge in [0.15, 0.2) is 0 Å². The fourth-order valence-corrected chi connectivity index (χ4v) is 1.94. The van der Waals surface area contributed by atoms with E-state index in [-0.39, 0.29) is 5.91 Å². The van der Waals surface area contributed by atoms with Crippen LogP contribution < -0.4 is 4.74 Å². The van der Waals surface area contributed by atoms with Crippen LogP contribution in [0, 0.1) is 0 Å². The molecule has 4 heteroatoms. The third-order valence-electron chi connectivity index (χ3n) is 2.82. The largest absolute Gasteiger partial charge is 0.488 e. The number of amides is 1. The van der Waals surface area contributed by atoms with Crippen molar-refractivity contribution in [1.29, 1.82) is 0 Å². The average Bonchev–Trinajstić information content (AvgIpc) is 2.46. The highest BCUT2D eigenvalue weighted by atomic mass is 35.5. The quantitative estimate of drug-likeness (QED) is 0.860. The van der Waals surface area contributed by atoms with E-state index in [1.165, 1.54) is 4.90 Å². The van der Waals surface area contributed by atoms with Crippen LogP contribution in [0.25, 0.3) is 0 Å². The molecule has 0 radical (unpaired) electrons. The zero-order valence-corrected chi connectivity index (χ0v) is 12.2. The normalized spacial score (nSPS) is 10.2. The van der Waals surface area contributed by atoms with Gasteiger partial charge in [-0.25, -0.2) is 0 Å². The van der Waals surface area contributed by atoms with Gasteiger partial charge in [-0.05, 0) is 23.8 Å². The first-order chi connectivity index (χ1) is 9.58. The van der Waals surface area contributed by atoms with Gasteiger partial charge < -0.3 is 9.64 Å². The van der Waals surface area contributed by atoms with Gasteiger partial charge in [0.25, 0.3) is 5.91 Å². The molecular formula is C16H16ClNO2. The van der Waals surface area contributed by atoms with Crippen LogP contribution in [0.3, 0.4) is 0 Å². The summed E-state index contributed by atoms with van der Waals surface area (Å²) in [6, 6.07) is 14.9. The number of hydrogen-bond donors (Lipinski definition) is 0. The van der Waals surface area contributed by atoms with Crippen LogP contribution in [0.1, 0.15) is 15.9 Å². The Morgan fingerprint density at radius 2 is 1.85 bits per heavy atom. The van der Waals surface area contributed by atoms with Gasteiger partial charge in [-0.2, -0.15) is 0 Å². The van der Waals surface area contributed by atoms with Crippen LogP contribution in [0.4, 0.5) is 0 Å². The molecule has 2 aromatic carbocycles. The number of halogens is 1. The molecule has 3 nitrogen and oxygen atoms in total. The molecule has 0 N–H and O–H groups in total. The molecule has 0 aliphatic heterocycles. The molecular weight excluding hydrogens is 274 g/mol. The maximum atomic E-state index is 12.1. The molecule has 0 aliphatic carbocycles. The van der Waals surface area contributed by atoms with Crippen molar-refractivity contribution in [2.75, 3.05) is 14.1 Å². The number of rotatable bonds is 4. The molecule has 0 atom stereocenters. The lowest BCUT2D eigenvalue weighted by atomic mass is 10.1. The summed E-state index contributed by atoms with van der Waals surface area (Å²) in [6.45, 7) is 0.413. The number of carbonyl (C=O) groups excluding carboxylic acids is 1. The predicted molar refractivity (Wildman–Crippen MR) is 80.2 cm³/mol. The third kappa shape index (κ3) is 3.52. The van der Waals surface area contributed by atoms with E-state index in [2.05, 4.69) is 0 Å². The van der Waals surface area contributed by atoms with E-state index >= 15 is 0 Å². The maximum absolute atomic E-state index is 12.1. The molecule has 2 rings (SSSR count). The Kier molecular flexibility index (Phi) is 4.64. The number of nitrogens with zero attached hydrogens (tertiary/aromatic N) is 1. The summed E-state index contributed by atoms with van der Waals surface area (Å²) in [5.74, 6) is 0.410. The zero-order valence-electron chi connectivity index (χ0n) is 11.5. The van der Waals surface area contributed by atoms with Crippen LogP contribution >= 0.6 is 11.6 Å². The lowest BCUT2D eigenvalue weighted by molar-refractivity contribution is 0.0822. The van der Waals surface area contributed by atoms with Gasteiger partial charge in [-0.15, -0.1) is 0 Å². The minimum Gasteiger partial charge on any atom is -0.488 e. The molecule has 0 spiro atoms. The van der Waals surface area contributed by atoms with E-state index in [1.807, 2.05) is 30.3 Å².